The van der Waals surface area contributed by atoms with E-state index >= 15 is 0 Å². The third-order valence-electron chi connectivity index (χ3n) is 2.70. The van der Waals surface area contributed by atoms with Crippen LogP contribution in [0.15, 0.2) is 36.7 Å². The molecule has 2 rings (SSSR count). The van der Waals surface area contributed by atoms with Gasteiger partial charge in [0.05, 0.1) is 12.4 Å². The minimum Gasteiger partial charge on any atom is -0.307 e. The SMILES string of the molecule is CCN(C(=O)c1cncc(NN)n1)c1ccc(F)cc1. The smallest absolute Gasteiger partial charge is 0.278 e. The molecule has 0 aliphatic carbocycles. The first-order chi connectivity index (χ1) is 9.65. The van der Waals surface area contributed by atoms with Crippen LogP contribution in [0.3, 0.4) is 0 Å². The minimum atomic E-state index is -0.355. The highest BCUT2D eigenvalue weighted by Gasteiger charge is 2.18. The Labute approximate surface area is 115 Å². The van der Waals surface area contributed by atoms with Gasteiger partial charge >= 0.3 is 0 Å². The molecule has 0 saturated carbocycles. The summed E-state index contributed by atoms with van der Waals surface area (Å²) in [5.41, 5.74) is 3.08. The summed E-state index contributed by atoms with van der Waals surface area (Å²) in [5.74, 6) is 4.85. The number of carbonyl (C=O) groups excluding carboxylic acids is 1. The Morgan fingerprint density at radius 3 is 2.65 bits per heavy atom. The molecule has 7 heteroatoms. The lowest BCUT2D eigenvalue weighted by Gasteiger charge is -2.20. The van der Waals surface area contributed by atoms with Crippen molar-refractivity contribution >= 4 is 17.4 Å². The summed E-state index contributed by atoms with van der Waals surface area (Å²) < 4.78 is 12.9. The van der Waals surface area contributed by atoms with Gasteiger partial charge in [0.25, 0.3) is 5.91 Å². The summed E-state index contributed by atoms with van der Waals surface area (Å²) in [4.78, 5) is 21.8. The second kappa shape index (κ2) is 6.07. The number of nitrogens with zero attached hydrogens (tertiary/aromatic N) is 3. The van der Waals surface area contributed by atoms with Crippen LogP contribution in [0.4, 0.5) is 15.9 Å². The summed E-state index contributed by atoms with van der Waals surface area (Å²) in [6.45, 7) is 2.24. The number of hydrogen-bond acceptors (Lipinski definition) is 5. The van der Waals surface area contributed by atoms with Crippen molar-refractivity contribution in [1.29, 1.82) is 0 Å². The minimum absolute atomic E-state index is 0.159. The lowest BCUT2D eigenvalue weighted by Crippen LogP contribution is -2.31. The molecule has 0 aliphatic heterocycles. The maximum atomic E-state index is 12.9. The molecular weight excluding hydrogens is 261 g/mol. The summed E-state index contributed by atoms with van der Waals surface area (Å²) in [6.07, 6.45) is 2.76. The second-order valence-electron chi connectivity index (χ2n) is 3.96. The molecular formula is C13H14FN5O. The van der Waals surface area contributed by atoms with Gasteiger partial charge in [-0.25, -0.2) is 15.2 Å². The topological polar surface area (TPSA) is 84.1 Å². The van der Waals surface area contributed by atoms with E-state index in [1.807, 2.05) is 6.92 Å². The highest BCUT2D eigenvalue weighted by Crippen LogP contribution is 2.17. The van der Waals surface area contributed by atoms with Crippen molar-refractivity contribution in [2.24, 2.45) is 5.84 Å². The van der Waals surface area contributed by atoms with Gasteiger partial charge in [0, 0.05) is 12.2 Å². The number of aromatic nitrogens is 2. The number of nitrogen functional groups attached to an aromatic ring is 1. The normalized spacial score (nSPS) is 10.2. The molecule has 104 valence electrons. The van der Waals surface area contributed by atoms with Gasteiger partial charge < -0.3 is 10.3 Å². The van der Waals surface area contributed by atoms with E-state index in [1.54, 1.807) is 0 Å². The van der Waals surface area contributed by atoms with Gasteiger partial charge in [0.15, 0.2) is 5.82 Å². The van der Waals surface area contributed by atoms with Crippen molar-refractivity contribution in [3.8, 4) is 0 Å². The highest BCUT2D eigenvalue weighted by atomic mass is 19.1. The number of hydrogen-bond donors (Lipinski definition) is 2. The molecule has 1 aromatic heterocycles. The molecule has 1 aromatic carbocycles. The fraction of sp³-hybridized carbons (Fsp3) is 0.154. The van der Waals surface area contributed by atoms with Gasteiger partial charge in [0.2, 0.25) is 0 Å². The van der Waals surface area contributed by atoms with E-state index in [9.17, 15) is 9.18 Å². The number of carbonyl (C=O) groups is 1. The van der Waals surface area contributed by atoms with E-state index in [1.165, 1.54) is 41.6 Å². The van der Waals surface area contributed by atoms with Crippen LogP contribution in [0.25, 0.3) is 0 Å². The first-order valence-corrected chi connectivity index (χ1v) is 6.01. The van der Waals surface area contributed by atoms with Crippen LogP contribution < -0.4 is 16.2 Å². The van der Waals surface area contributed by atoms with Gasteiger partial charge in [-0.05, 0) is 31.2 Å². The quantitative estimate of drug-likeness (QED) is 0.653. The van der Waals surface area contributed by atoms with Crippen molar-refractivity contribution in [1.82, 2.24) is 9.97 Å². The number of halogens is 1. The van der Waals surface area contributed by atoms with Crippen molar-refractivity contribution in [2.45, 2.75) is 6.92 Å². The standard InChI is InChI=1S/C13H14FN5O/c1-2-19(10-5-3-9(14)4-6-10)13(20)11-7-16-8-12(17-11)18-15/h3-8H,2,15H2,1H3,(H,17,18). The fourth-order valence-electron chi connectivity index (χ4n) is 1.74. The summed E-state index contributed by atoms with van der Waals surface area (Å²) in [6, 6.07) is 5.67. The number of anilines is 2. The third kappa shape index (κ3) is 2.89. The van der Waals surface area contributed by atoms with Gasteiger partial charge in [-0.3, -0.25) is 9.78 Å². The molecule has 0 unspecified atom stereocenters. The molecule has 0 bridgehead atoms. The monoisotopic (exact) mass is 275 g/mol. The second-order valence-corrected chi connectivity index (χ2v) is 3.96. The molecule has 20 heavy (non-hydrogen) atoms. The fourth-order valence-corrected chi connectivity index (χ4v) is 1.74. The van der Waals surface area contributed by atoms with Crippen LogP contribution >= 0.6 is 0 Å². The van der Waals surface area contributed by atoms with E-state index in [0.29, 0.717) is 18.1 Å². The maximum Gasteiger partial charge on any atom is 0.278 e. The Balaban J connectivity index is 2.31. The first kappa shape index (κ1) is 13.9. The van der Waals surface area contributed by atoms with E-state index in [4.69, 9.17) is 5.84 Å². The average molecular weight is 275 g/mol. The molecule has 0 spiro atoms. The zero-order valence-corrected chi connectivity index (χ0v) is 10.9. The first-order valence-electron chi connectivity index (χ1n) is 6.01. The predicted octanol–water partition coefficient (Wildman–Crippen LogP) is 1.57. The number of nitrogens with two attached hydrogens (primary N) is 1. The molecule has 0 atom stereocenters. The maximum absolute atomic E-state index is 12.9. The number of benzene rings is 1. The van der Waals surface area contributed by atoms with Crippen LogP contribution in [-0.2, 0) is 0 Å². The highest BCUT2D eigenvalue weighted by molar-refractivity contribution is 6.04. The lowest BCUT2D eigenvalue weighted by atomic mass is 10.2. The summed E-state index contributed by atoms with van der Waals surface area (Å²) >= 11 is 0. The number of rotatable bonds is 4. The summed E-state index contributed by atoms with van der Waals surface area (Å²) in [7, 11) is 0. The molecule has 2 aromatic rings. The van der Waals surface area contributed by atoms with E-state index < -0.39 is 0 Å². The van der Waals surface area contributed by atoms with Crippen LogP contribution in [0.5, 0.6) is 0 Å². The Hall–Kier alpha value is -2.54. The Morgan fingerprint density at radius 1 is 1.35 bits per heavy atom. The van der Waals surface area contributed by atoms with Crippen molar-refractivity contribution in [3.05, 3.63) is 48.2 Å². The Kier molecular flexibility index (Phi) is 4.21. The van der Waals surface area contributed by atoms with Crippen LogP contribution in [-0.4, -0.2) is 22.4 Å². The molecule has 1 heterocycles. The third-order valence-corrected chi connectivity index (χ3v) is 2.70. The molecule has 0 aliphatic rings. The van der Waals surface area contributed by atoms with Crippen LogP contribution in [0, 0.1) is 5.82 Å². The Morgan fingerprint density at radius 2 is 2.05 bits per heavy atom. The molecule has 3 N–H and O–H groups in total. The molecule has 0 saturated heterocycles. The van der Waals surface area contributed by atoms with Crippen LogP contribution in [0.1, 0.15) is 17.4 Å². The molecule has 1 amide bonds. The van der Waals surface area contributed by atoms with Gasteiger partial charge in [-0.1, -0.05) is 0 Å². The van der Waals surface area contributed by atoms with Gasteiger partial charge in [-0.2, -0.15) is 0 Å². The number of nitrogens with one attached hydrogen (secondary N) is 1. The van der Waals surface area contributed by atoms with Crippen molar-refractivity contribution < 1.29 is 9.18 Å². The largest absolute Gasteiger partial charge is 0.307 e. The molecule has 0 radical (unpaired) electrons. The number of hydrazine groups is 1. The predicted molar refractivity (Wildman–Crippen MR) is 73.6 cm³/mol. The lowest BCUT2D eigenvalue weighted by molar-refractivity contribution is 0.0983. The van der Waals surface area contributed by atoms with Crippen LogP contribution in [0.2, 0.25) is 0 Å². The van der Waals surface area contributed by atoms with E-state index in [0.717, 1.165) is 0 Å². The van der Waals surface area contributed by atoms with E-state index in [2.05, 4.69) is 15.4 Å². The zero-order chi connectivity index (χ0) is 14.5. The molecule has 0 fully saturated rings. The summed E-state index contributed by atoms with van der Waals surface area (Å²) in [5, 5.41) is 0. The molecule has 6 nitrogen and oxygen atoms in total. The van der Waals surface area contributed by atoms with Crippen molar-refractivity contribution in [2.75, 3.05) is 16.9 Å². The van der Waals surface area contributed by atoms with Gasteiger partial charge in [-0.15, -0.1) is 0 Å². The van der Waals surface area contributed by atoms with Crippen molar-refractivity contribution in [3.63, 3.8) is 0 Å². The van der Waals surface area contributed by atoms with E-state index in [-0.39, 0.29) is 17.4 Å². The zero-order valence-electron chi connectivity index (χ0n) is 10.9. The Bertz CT molecular complexity index is 602. The average Bonchev–Trinajstić information content (AvgIpc) is 2.50. The van der Waals surface area contributed by atoms with Gasteiger partial charge in [0.1, 0.15) is 11.5 Å². The number of amides is 1.